The lowest BCUT2D eigenvalue weighted by atomic mass is 10.1. The predicted molar refractivity (Wildman–Crippen MR) is 132 cm³/mol. The van der Waals surface area contributed by atoms with Crippen LogP contribution in [-0.4, -0.2) is 34.1 Å². The summed E-state index contributed by atoms with van der Waals surface area (Å²) in [6.07, 6.45) is 0. The van der Waals surface area contributed by atoms with Crippen molar-refractivity contribution >= 4 is 16.1 Å². The summed E-state index contributed by atoms with van der Waals surface area (Å²) in [5.74, 6) is 0.826. The molecule has 0 radical (unpaired) electrons. The van der Waals surface area contributed by atoms with E-state index >= 15 is 0 Å². The first-order valence-electron chi connectivity index (χ1n) is 12.0. The highest BCUT2D eigenvalue weighted by atomic mass is 28.3. The Morgan fingerprint density at radius 3 is 1.93 bits per heavy atom. The van der Waals surface area contributed by atoms with E-state index < -0.39 is 16.1 Å². The van der Waals surface area contributed by atoms with Gasteiger partial charge in [-0.15, -0.1) is 0 Å². The van der Waals surface area contributed by atoms with Crippen molar-refractivity contribution in [3.63, 3.8) is 0 Å². The number of hydrogen-bond donors (Lipinski definition) is 0. The van der Waals surface area contributed by atoms with Crippen molar-refractivity contribution in [1.82, 2.24) is 4.90 Å². The first kappa shape index (κ1) is 23.6. The van der Waals surface area contributed by atoms with E-state index in [9.17, 15) is 0 Å². The van der Waals surface area contributed by atoms with E-state index in [1.807, 2.05) is 5.57 Å². The molecular formula is C25H45NSi2. The fourth-order valence-corrected chi connectivity index (χ4v) is 12.4. The molecule has 1 aliphatic heterocycles. The molecule has 1 unspecified atom stereocenters. The SMILES string of the molecule is CC[Si](/C=C1/CN(Cc2ccccc2)CC1C[Si](CC)(CC)CC)(CC)CC. The summed E-state index contributed by atoms with van der Waals surface area (Å²) in [4.78, 5) is 2.74. The van der Waals surface area contributed by atoms with E-state index in [1.54, 1.807) is 0 Å². The number of likely N-dealkylation sites (tertiary alicyclic amines) is 1. The number of benzene rings is 1. The third-order valence-electron chi connectivity index (χ3n) is 8.19. The van der Waals surface area contributed by atoms with Crippen molar-refractivity contribution in [1.29, 1.82) is 0 Å². The van der Waals surface area contributed by atoms with Gasteiger partial charge in [0.25, 0.3) is 0 Å². The molecule has 158 valence electrons. The molecule has 1 aromatic carbocycles. The van der Waals surface area contributed by atoms with Crippen LogP contribution in [-0.2, 0) is 6.54 Å². The fraction of sp³-hybridized carbons (Fsp3) is 0.680. The van der Waals surface area contributed by atoms with Gasteiger partial charge in [0.05, 0.1) is 16.1 Å². The molecule has 1 heterocycles. The molecule has 1 nitrogen and oxygen atoms in total. The second-order valence-electron chi connectivity index (χ2n) is 9.26. The maximum absolute atomic E-state index is 2.89. The van der Waals surface area contributed by atoms with Crippen LogP contribution in [0.25, 0.3) is 0 Å². The highest BCUT2D eigenvalue weighted by Gasteiger charge is 2.37. The molecule has 28 heavy (non-hydrogen) atoms. The van der Waals surface area contributed by atoms with Gasteiger partial charge in [0.1, 0.15) is 0 Å². The van der Waals surface area contributed by atoms with Crippen LogP contribution < -0.4 is 0 Å². The molecule has 0 spiro atoms. The van der Waals surface area contributed by atoms with Gasteiger partial charge in [-0.1, -0.05) is 119 Å². The van der Waals surface area contributed by atoms with E-state index in [4.69, 9.17) is 0 Å². The third kappa shape index (κ3) is 5.70. The normalized spacial score (nSPS) is 20.2. The van der Waals surface area contributed by atoms with Crippen LogP contribution in [0.2, 0.25) is 42.3 Å². The van der Waals surface area contributed by atoms with Crippen molar-refractivity contribution in [2.75, 3.05) is 13.1 Å². The quantitative estimate of drug-likeness (QED) is 0.336. The maximum Gasteiger partial charge on any atom is 0.0770 e. The highest BCUT2D eigenvalue weighted by molar-refractivity contribution is 6.84. The Kier molecular flexibility index (Phi) is 9.23. The molecular weight excluding hydrogens is 370 g/mol. The Labute approximate surface area is 177 Å². The molecule has 0 aromatic heterocycles. The first-order valence-corrected chi connectivity index (χ1v) is 17.5. The van der Waals surface area contributed by atoms with Gasteiger partial charge in [0.2, 0.25) is 0 Å². The molecule has 0 saturated carbocycles. The number of rotatable bonds is 11. The molecule has 1 aromatic rings. The standard InChI is InChI=1S/C25H45NSi2/c1-7-27(8-2,9-3)21-24-19-26(18-23-16-14-13-15-17-23)20-25(24)22-28(10-4,11-5)12-6/h13-17,21,25H,7-12,18-20,22H2,1-6H3/b24-21-. The summed E-state index contributed by atoms with van der Waals surface area (Å²) in [5, 5.41) is 0. The van der Waals surface area contributed by atoms with Gasteiger partial charge in [0.15, 0.2) is 0 Å². The summed E-state index contributed by atoms with van der Waals surface area (Å²) in [7, 11) is -2.33. The van der Waals surface area contributed by atoms with Crippen LogP contribution in [0.3, 0.4) is 0 Å². The topological polar surface area (TPSA) is 3.24 Å². The smallest absolute Gasteiger partial charge is 0.0770 e. The first-order chi connectivity index (χ1) is 13.5. The molecule has 0 bridgehead atoms. The van der Waals surface area contributed by atoms with E-state index in [0.29, 0.717) is 0 Å². The van der Waals surface area contributed by atoms with Crippen LogP contribution >= 0.6 is 0 Å². The minimum atomic E-state index is -1.23. The van der Waals surface area contributed by atoms with Gasteiger partial charge in [0, 0.05) is 19.6 Å². The Balaban J connectivity index is 2.28. The summed E-state index contributed by atoms with van der Waals surface area (Å²) < 4.78 is 0. The molecule has 0 N–H and O–H groups in total. The third-order valence-corrected chi connectivity index (χ3v) is 19.3. The van der Waals surface area contributed by atoms with Crippen molar-refractivity contribution in [2.45, 2.75) is 90.4 Å². The van der Waals surface area contributed by atoms with Crippen molar-refractivity contribution in [3.05, 3.63) is 47.2 Å². The van der Waals surface area contributed by atoms with Gasteiger partial charge < -0.3 is 0 Å². The zero-order valence-electron chi connectivity index (χ0n) is 19.6. The van der Waals surface area contributed by atoms with Gasteiger partial charge >= 0.3 is 0 Å². The summed E-state index contributed by atoms with van der Waals surface area (Å²) >= 11 is 0. The van der Waals surface area contributed by atoms with Crippen LogP contribution in [0.4, 0.5) is 0 Å². The molecule has 0 aliphatic carbocycles. The van der Waals surface area contributed by atoms with Gasteiger partial charge in [-0.05, 0) is 17.5 Å². The van der Waals surface area contributed by atoms with Gasteiger partial charge in [-0.25, -0.2) is 0 Å². The van der Waals surface area contributed by atoms with Crippen molar-refractivity contribution in [2.24, 2.45) is 5.92 Å². The Morgan fingerprint density at radius 1 is 0.857 bits per heavy atom. The van der Waals surface area contributed by atoms with Gasteiger partial charge in [-0.3, -0.25) is 4.90 Å². The van der Waals surface area contributed by atoms with Crippen LogP contribution in [0, 0.1) is 5.92 Å². The van der Waals surface area contributed by atoms with Crippen LogP contribution in [0.15, 0.2) is 41.6 Å². The molecule has 0 amide bonds. The average molecular weight is 416 g/mol. The zero-order chi connectivity index (χ0) is 20.6. The minimum absolute atomic E-state index is 0.826. The molecule has 3 heteroatoms. The van der Waals surface area contributed by atoms with Crippen LogP contribution in [0.5, 0.6) is 0 Å². The summed E-state index contributed by atoms with van der Waals surface area (Å²) in [5.41, 5.74) is 6.20. The largest absolute Gasteiger partial charge is 0.295 e. The Hall–Kier alpha value is -0.646. The van der Waals surface area contributed by atoms with Crippen LogP contribution in [0.1, 0.15) is 47.1 Å². The van der Waals surface area contributed by atoms with E-state index in [-0.39, 0.29) is 0 Å². The minimum Gasteiger partial charge on any atom is -0.295 e. The lowest BCUT2D eigenvalue weighted by Crippen LogP contribution is -2.35. The molecule has 1 aliphatic rings. The fourth-order valence-electron chi connectivity index (χ4n) is 5.36. The lowest BCUT2D eigenvalue weighted by molar-refractivity contribution is 0.321. The monoisotopic (exact) mass is 415 g/mol. The second-order valence-corrected chi connectivity index (χ2v) is 19.9. The molecule has 1 fully saturated rings. The van der Waals surface area contributed by atoms with E-state index in [2.05, 4.69) is 82.5 Å². The van der Waals surface area contributed by atoms with E-state index in [1.165, 1.54) is 61.0 Å². The Morgan fingerprint density at radius 2 is 1.43 bits per heavy atom. The lowest BCUT2D eigenvalue weighted by Gasteiger charge is -2.32. The predicted octanol–water partition coefficient (Wildman–Crippen LogP) is 7.60. The molecule has 1 saturated heterocycles. The maximum atomic E-state index is 2.89. The molecule has 2 rings (SSSR count). The molecule has 1 atom stereocenters. The summed E-state index contributed by atoms with van der Waals surface area (Å²) in [6.45, 7) is 18.4. The summed E-state index contributed by atoms with van der Waals surface area (Å²) in [6, 6.07) is 21.2. The Bertz CT molecular complexity index is 586. The van der Waals surface area contributed by atoms with Gasteiger partial charge in [-0.2, -0.15) is 0 Å². The van der Waals surface area contributed by atoms with Crippen molar-refractivity contribution < 1.29 is 0 Å². The number of nitrogens with zero attached hydrogens (tertiary/aromatic N) is 1. The number of hydrogen-bond acceptors (Lipinski definition) is 1. The van der Waals surface area contributed by atoms with Crippen molar-refractivity contribution in [3.8, 4) is 0 Å². The highest BCUT2D eigenvalue weighted by Crippen LogP contribution is 2.38. The zero-order valence-corrected chi connectivity index (χ0v) is 21.6. The van der Waals surface area contributed by atoms with E-state index in [0.717, 1.165) is 12.5 Å². The second kappa shape index (κ2) is 10.9. The average Bonchev–Trinajstić information content (AvgIpc) is 3.11.